The van der Waals surface area contributed by atoms with E-state index in [0.717, 1.165) is 27.6 Å². The van der Waals surface area contributed by atoms with Crippen molar-refractivity contribution in [1.82, 2.24) is 0 Å². The molecule has 0 fully saturated rings. The summed E-state index contributed by atoms with van der Waals surface area (Å²) in [6, 6.07) is 14.4. The summed E-state index contributed by atoms with van der Waals surface area (Å²) in [7, 11) is 1.96. The number of nitrogens with zero attached hydrogens (tertiary/aromatic N) is 2. The smallest absolute Gasteiger partial charge is 0.216 e. The monoisotopic (exact) mass is 317 g/mol. The molecule has 0 aliphatic rings. The molecule has 0 spiro atoms. The maximum Gasteiger partial charge on any atom is 0.216 e. The van der Waals surface area contributed by atoms with E-state index in [1.54, 1.807) is 6.07 Å². The Morgan fingerprint density at radius 1 is 1.17 bits per heavy atom. The van der Waals surface area contributed by atoms with Gasteiger partial charge in [0.15, 0.2) is 11.8 Å². The number of aromatic nitrogens is 1. The maximum absolute atomic E-state index is 13.6. The SMILES string of the molecule is Cc1cc(C#N)c2c(oc3cc(F)ccc32)c1-c1cccc[n+]1C. The number of halogens is 1. The van der Waals surface area contributed by atoms with E-state index in [-0.39, 0.29) is 5.82 Å². The number of aryl methyl sites for hydroxylation is 2. The van der Waals surface area contributed by atoms with E-state index in [9.17, 15) is 9.65 Å². The topological polar surface area (TPSA) is 40.8 Å². The number of hydrogen-bond acceptors (Lipinski definition) is 2. The van der Waals surface area contributed by atoms with Gasteiger partial charge in [-0.15, -0.1) is 0 Å². The molecule has 0 atom stereocenters. The fourth-order valence-electron chi connectivity index (χ4n) is 3.24. The van der Waals surface area contributed by atoms with Gasteiger partial charge in [-0.05, 0) is 36.8 Å². The second kappa shape index (κ2) is 5.17. The number of rotatable bonds is 1. The quantitative estimate of drug-likeness (QED) is 0.488. The van der Waals surface area contributed by atoms with Gasteiger partial charge in [0.25, 0.3) is 0 Å². The third-order valence-corrected chi connectivity index (χ3v) is 4.34. The minimum Gasteiger partial charge on any atom is -0.455 e. The number of furan rings is 1. The molecule has 4 rings (SSSR count). The summed E-state index contributed by atoms with van der Waals surface area (Å²) in [5, 5.41) is 11.0. The Labute approximate surface area is 138 Å². The van der Waals surface area contributed by atoms with Gasteiger partial charge in [-0.25, -0.2) is 8.96 Å². The van der Waals surface area contributed by atoms with Crippen molar-refractivity contribution < 1.29 is 13.4 Å². The Bertz CT molecular complexity index is 1150. The number of fused-ring (bicyclic) bond motifs is 3. The Morgan fingerprint density at radius 2 is 2.00 bits per heavy atom. The van der Waals surface area contributed by atoms with Crippen LogP contribution in [0.1, 0.15) is 11.1 Å². The van der Waals surface area contributed by atoms with Gasteiger partial charge in [0, 0.05) is 29.0 Å². The van der Waals surface area contributed by atoms with Crippen molar-refractivity contribution in [3.8, 4) is 17.3 Å². The van der Waals surface area contributed by atoms with Crippen LogP contribution in [0.4, 0.5) is 4.39 Å². The van der Waals surface area contributed by atoms with E-state index < -0.39 is 0 Å². The summed E-state index contributed by atoms with van der Waals surface area (Å²) in [5.41, 5.74) is 4.45. The van der Waals surface area contributed by atoms with Crippen LogP contribution >= 0.6 is 0 Å². The first kappa shape index (κ1) is 14.4. The van der Waals surface area contributed by atoms with E-state index in [2.05, 4.69) is 6.07 Å². The second-order valence-corrected chi connectivity index (χ2v) is 5.87. The lowest BCUT2D eigenvalue weighted by molar-refractivity contribution is -0.660. The molecule has 4 heteroatoms. The molecule has 0 radical (unpaired) electrons. The normalized spacial score (nSPS) is 11.1. The van der Waals surface area contributed by atoms with Crippen molar-refractivity contribution in [3.05, 3.63) is 65.6 Å². The van der Waals surface area contributed by atoms with Gasteiger partial charge in [0.1, 0.15) is 18.4 Å². The van der Waals surface area contributed by atoms with E-state index in [4.69, 9.17) is 4.42 Å². The van der Waals surface area contributed by atoms with Gasteiger partial charge in [-0.2, -0.15) is 5.26 Å². The molecule has 0 saturated carbocycles. The number of hydrogen-bond donors (Lipinski definition) is 0. The number of pyridine rings is 1. The molecule has 2 aromatic heterocycles. The molecule has 0 aliphatic carbocycles. The van der Waals surface area contributed by atoms with Crippen LogP contribution in [0.15, 0.2) is 53.1 Å². The van der Waals surface area contributed by atoms with Crippen molar-refractivity contribution in [1.29, 1.82) is 5.26 Å². The van der Waals surface area contributed by atoms with Gasteiger partial charge in [0.2, 0.25) is 5.69 Å². The highest BCUT2D eigenvalue weighted by molar-refractivity contribution is 6.12. The summed E-state index contributed by atoms with van der Waals surface area (Å²) < 4.78 is 21.6. The zero-order valence-corrected chi connectivity index (χ0v) is 13.3. The molecule has 116 valence electrons. The van der Waals surface area contributed by atoms with E-state index in [1.807, 2.05) is 49.0 Å². The molecule has 2 aromatic carbocycles. The van der Waals surface area contributed by atoms with Gasteiger partial charge >= 0.3 is 0 Å². The Morgan fingerprint density at radius 3 is 2.75 bits per heavy atom. The first-order valence-corrected chi connectivity index (χ1v) is 7.60. The van der Waals surface area contributed by atoms with Crippen LogP contribution in [-0.2, 0) is 7.05 Å². The molecule has 24 heavy (non-hydrogen) atoms. The third-order valence-electron chi connectivity index (χ3n) is 4.34. The van der Waals surface area contributed by atoms with Crippen LogP contribution in [0.25, 0.3) is 33.2 Å². The van der Waals surface area contributed by atoms with Crippen LogP contribution in [0.3, 0.4) is 0 Å². The van der Waals surface area contributed by atoms with Crippen molar-refractivity contribution >= 4 is 21.9 Å². The van der Waals surface area contributed by atoms with Crippen molar-refractivity contribution in [3.63, 3.8) is 0 Å². The lowest BCUT2D eigenvalue weighted by atomic mass is 9.97. The molecular weight excluding hydrogens is 303 g/mol. The fraction of sp³-hybridized carbons (Fsp3) is 0.100. The summed E-state index contributed by atoms with van der Waals surface area (Å²) in [4.78, 5) is 0. The van der Waals surface area contributed by atoms with Crippen molar-refractivity contribution in [2.75, 3.05) is 0 Å². The highest BCUT2D eigenvalue weighted by atomic mass is 19.1. The first-order chi connectivity index (χ1) is 11.6. The van der Waals surface area contributed by atoms with Crippen LogP contribution in [0, 0.1) is 24.1 Å². The largest absolute Gasteiger partial charge is 0.455 e. The maximum atomic E-state index is 13.6. The standard InChI is InChI=1S/C20H14FN2O/c1-12-9-13(11-22)19-15-7-6-14(21)10-17(15)24-20(19)18(12)16-5-3-4-8-23(16)2/h3-10H,1-2H3/q+1. The molecule has 0 aliphatic heterocycles. The van der Waals surface area contributed by atoms with E-state index in [1.165, 1.54) is 12.1 Å². The van der Waals surface area contributed by atoms with Gasteiger partial charge in [0.05, 0.1) is 17.2 Å². The summed E-state index contributed by atoms with van der Waals surface area (Å²) in [6.07, 6.45) is 1.96. The van der Waals surface area contributed by atoms with E-state index >= 15 is 0 Å². The highest BCUT2D eigenvalue weighted by Crippen LogP contribution is 2.39. The van der Waals surface area contributed by atoms with Crippen LogP contribution in [-0.4, -0.2) is 0 Å². The van der Waals surface area contributed by atoms with Crippen molar-refractivity contribution in [2.45, 2.75) is 6.92 Å². The Hall–Kier alpha value is -3.19. The number of benzene rings is 2. The minimum atomic E-state index is -0.358. The van der Waals surface area contributed by atoms with Crippen LogP contribution < -0.4 is 4.57 Å². The molecule has 0 unspecified atom stereocenters. The summed E-state index contributed by atoms with van der Waals surface area (Å²) in [5.74, 6) is -0.358. The minimum absolute atomic E-state index is 0.358. The third kappa shape index (κ3) is 1.99. The molecule has 0 amide bonds. The highest BCUT2D eigenvalue weighted by Gasteiger charge is 2.22. The second-order valence-electron chi connectivity index (χ2n) is 5.87. The molecule has 4 aromatic rings. The predicted octanol–water partition coefficient (Wildman–Crippen LogP) is 4.40. The Balaban J connectivity index is 2.23. The summed E-state index contributed by atoms with van der Waals surface area (Å²) in [6.45, 7) is 1.95. The van der Waals surface area contributed by atoms with Crippen LogP contribution in [0.5, 0.6) is 0 Å². The average molecular weight is 317 g/mol. The fourth-order valence-corrected chi connectivity index (χ4v) is 3.24. The first-order valence-electron chi connectivity index (χ1n) is 7.60. The molecule has 3 nitrogen and oxygen atoms in total. The van der Waals surface area contributed by atoms with Gasteiger partial charge in [-0.1, -0.05) is 0 Å². The van der Waals surface area contributed by atoms with Crippen LogP contribution in [0.2, 0.25) is 0 Å². The molecular formula is C20H14FN2O+. The Kier molecular flexibility index (Phi) is 3.10. The average Bonchev–Trinajstić information content (AvgIpc) is 2.93. The summed E-state index contributed by atoms with van der Waals surface area (Å²) >= 11 is 0. The predicted molar refractivity (Wildman–Crippen MR) is 89.7 cm³/mol. The lowest BCUT2D eigenvalue weighted by Gasteiger charge is -2.06. The zero-order valence-electron chi connectivity index (χ0n) is 13.3. The molecule has 0 bridgehead atoms. The van der Waals surface area contributed by atoms with Crippen molar-refractivity contribution in [2.24, 2.45) is 7.05 Å². The number of nitriles is 1. The lowest BCUT2D eigenvalue weighted by Crippen LogP contribution is -2.30. The molecule has 0 saturated heterocycles. The molecule has 0 N–H and O–H groups in total. The van der Waals surface area contributed by atoms with Gasteiger partial charge in [-0.3, -0.25) is 0 Å². The van der Waals surface area contributed by atoms with E-state index in [0.29, 0.717) is 16.7 Å². The van der Waals surface area contributed by atoms with Gasteiger partial charge < -0.3 is 4.42 Å². The zero-order chi connectivity index (χ0) is 16.8. The molecule has 2 heterocycles.